The Morgan fingerprint density at radius 1 is 1.47 bits per heavy atom. The molecule has 0 aliphatic rings. The molecule has 0 saturated carbocycles. The van der Waals surface area contributed by atoms with Crippen LogP contribution < -0.4 is 11.3 Å². The average Bonchev–Trinajstić information content (AvgIpc) is 2.86. The second-order valence-electron chi connectivity index (χ2n) is 4.42. The highest BCUT2D eigenvalue weighted by Gasteiger charge is 2.15. The van der Waals surface area contributed by atoms with Crippen LogP contribution in [0.4, 0.5) is 0 Å². The van der Waals surface area contributed by atoms with Crippen LogP contribution in [-0.4, -0.2) is 14.8 Å². The quantitative estimate of drug-likeness (QED) is 0.649. The lowest BCUT2D eigenvalue weighted by molar-refractivity contribution is 0.510. The van der Waals surface area contributed by atoms with Crippen molar-refractivity contribution in [2.24, 2.45) is 5.84 Å². The number of nitrogens with two attached hydrogens (primary N) is 1. The molecule has 0 saturated heterocycles. The van der Waals surface area contributed by atoms with E-state index in [1.165, 1.54) is 0 Å². The summed E-state index contributed by atoms with van der Waals surface area (Å²) in [5.74, 6) is 6.58. The highest BCUT2D eigenvalue weighted by Crippen LogP contribution is 2.22. The summed E-state index contributed by atoms with van der Waals surface area (Å²) in [5.41, 5.74) is 4.96. The first-order chi connectivity index (χ1) is 9.15. The van der Waals surface area contributed by atoms with E-state index in [0.29, 0.717) is 6.42 Å². The molecule has 0 bridgehead atoms. The van der Waals surface area contributed by atoms with Crippen molar-refractivity contribution in [3.8, 4) is 0 Å². The van der Waals surface area contributed by atoms with E-state index < -0.39 is 0 Å². The molecule has 1 aromatic carbocycles. The molecule has 5 nitrogen and oxygen atoms in total. The van der Waals surface area contributed by atoms with E-state index in [0.717, 1.165) is 28.5 Å². The first-order valence-corrected chi connectivity index (χ1v) is 6.62. The summed E-state index contributed by atoms with van der Waals surface area (Å²) < 4.78 is 1.87. The number of hydrazine groups is 1. The Labute approximate surface area is 117 Å². The Balaban J connectivity index is 2.22. The monoisotopic (exact) mass is 279 g/mol. The third kappa shape index (κ3) is 3.12. The van der Waals surface area contributed by atoms with Crippen LogP contribution in [0.15, 0.2) is 24.5 Å². The van der Waals surface area contributed by atoms with Crippen molar-refractivity contribution < 1.29 is 0 Å². The molecule has 3 N–H and O–H groups in total. The molecule has 0 spiro atoms. The van der Waals surface area contributed by atoms with Crippen LogP contribution in [0.3, 0.4) is 0 Å². The van der Waals surface area contributed by atoms with Gasteiger partial charge in [0, 0.05) is 18.0 Å². The van der Waals surface area contributed by atoms with Crippen molar-refractivity contribution in [1.29, 1.82) is 0 Å². The fourth-order valence-corrected chi connectivity index (χ4v) is 2.17. The van der Waals surface area contributed by atoms with Crippen molar-refractivity contribution in [3.63, 3.8) is 0 Å². The Morgan fingerprint density at radius 2 is 2.26 bits per heavy atom. The Morgan fingerprint density at radius 3 is 2.89 bits per heavy atom. The normalized spacial score (nSPS) is 12.6. The van der Waals surface area contributed by atoms with E-state index in [1.807, 2.05) is 36.7 Å². The summed E-state index contributed by atoms with van der Waals surface area (Å²) in [7, 11) is 0. The van der Waals surface area contributed by atoms with Gasteiger partial charge in [-0.2, -0.15) is 5.10 Å². The van der Waals surface area contributed by atoms with E-state index in [9.17, 15) is 0 Å². The zero-order valence-corrected chi connectivity index (χ0v) is 11.9. The van der Waals surface area contributed by atoms with Gasteiger partial charge in [-0.05, 0) is 31.0 Å². The van der Waals surface area contributed by atoms with Crippen LogP contribution in [-0.2, 0) is 13.0 Å². The van der Waals surface area contributed by atoms with Gasteiger partial charge in [0.15, 0.2) is 0 Å². The molecule has 0 aliphatic heterocycles. The largest absolute Gasteiger partial charge is 0.271 e. The minimum absolute atomic E-state index is 0.00883. The van der Waals surface area contributed by atoms with Crippen molar-refractivity contribution in [2.75, 3.05) is 0 Å². The summed E-state index contributed by atoms with van der Waals surface area (Å²) in [6, 6.07) is 5.90. The lowest BCUT2D eigenvalue weighted by atomic mass is 10.0. The highest BCUT2D eigenvalue weighted by molar-refractivity contribution is 6.31. The number of aromatic nitrogens is 3. The van der Waals surface area contributed by atoms with E-state index in [-0.39, 0.29) is 6.04 Å². The second-order valence-corrected chi connectivity index (χ2v) is 4.83. The molecule has 2 aromatic rings. The van der Waals surface area contributed by atoms with Gasteiger partial charge in [0.25, 0.3) is 0 Å². The van der Waals surface area contributed by atoms with Crippen LogP contribution in [0, 0.1) is 6.92 Å². The van der Waals surface area contributed by atoms with Gasteiger partial charge in [-0.25, -0.2) is 4.98 Å². The number of nitrogens with one attached hydrogen (secondary N) is 1. The first-order valence-electron chi connectivity index (χ1n) is 6.24. The van der Waals surface area contributed by atoms with Crippen molar-refractivity contribution in [2.45, 2.75) is 32.9 Å². The van der Waals surface area contributed by atoms with Crippen molar-refractivity contribution in [3.05, 3.63) is 46.5 Å². The topological polar surface area (TPSA) is 68.8 Å². The molecule has 0 fully saturated rings. The molecule has 2 rings (SSSR count). The van der Waals surface area contributed by atoms with Gasteiger partial charge < -0.3 is 0 Å². The maximum Gasteiger partial charge on any atom is 0.138 e. The summed E-state index contributed by atoms with van der Waals surface area (Å²) in [6.45, 7) is 4.82. The molecule has 6 heteroatoms. The fourth-order valence-electron chi connectivity index (χ4n) is 2.05. The molecule has 0 radical (unpaired) electrons. The summed E-state index contributed by atoms with van der Waals surface area (Å²) in [6.07, 6.45) is 2.25. The molecule has 102 valence electrons. The van der Waals surface area contributed by atoms with Gasteiger partial charge in [0.2, 0.25) is 0 Å². The van der Waals surface area contributed by atoms with Gasteiger partial charge in [0.1, 0.15) is 12.2 Å². The molecule has 0 amide bonds. The highest BCUT2D eigenvalue weighted by atomic mass is 35.5. The van der Waals surface area contributed by atoms with Gasteiger partial charge in [-0.15, -0.1) is 0 Å². The second kappa shape index (κ2) is 6.14. The first kappa shape index (κ1) is 14.0. The maximum absolute atomic E-state index is 6.04. The van der Waals surface area contributed by atoms with Crippen molar-refractivity contribution >= 4 is 11.6 Å². The van der Waals surface area contributed by atoms with Crippen LogP contribution in [0.2, 0.25) is 5.02 Å². The van der Waals surface area contributed by atoms with Crippen LogP contribution in [0.25, 0.3) is 0 Å². The van der Waals surface area contributed by atoms with Crippen LogP contribution in [0.5, 0.6) is 0 Å². The Hall–Kier alpha value is -1.43. The molecule has 1 aromatic heterocycles. The predicted molar refractivity (Wildman–Crippen MR) is 75.7 cm³/mol. The molecular formula is C13H18ClN5. The third-order valence-corrected chi connectivity index (χ3v) is 3.59. The number of rotatable bonds is 5. The molecular weight excluding hydrogens is 262 g/mol. The minimum Gasteiger partial charge on any atom is -0.271 e. The number of hydrogen-bond donors (Lipinski definition) is 2. The van der Waals surface area contributed by atoms with Gasteiger partial charge in [-0.3, -0.25) is 16.0 Å². The summed E-state index contributed by atoms with van der Waals surface area (Å²) >= 11 is 6.04. The standard InChI is InChI=1S/C13H18ClN5/c1-3-19-13(16-8-17-19)7-12(18-15)10-4-5-11(14)9(2)6-10/h4-6,8,12,18H,3,7,15H2,1-2H3. The number of nitrogens with zero attached hydrogens (tertiary/aromatic N) is 3. The number of hydrogen-bond acceptors (Lipinski definition) is 4. The van der Waals surface area contributed by atoms with Crippen LogP contribution in [0.1, 0.15) is 29.9 Å². The lowest BCUT2D eigenvalue weighted by Gasteiger charge is -2.17. The Kier molecular flexibility index (Phi) is 4.52. The zero-order chi connectivity index (χ0) is 13.8. The number of aryl methyl sites for hydroxylation is 2. The molecule has 1 unspecified atom stereocenters. The molecule has 1 atom stereocenters. The SMILES string of the molecule is CCn1ncnc1CC(NN)c1ccc(Cl)c(C)c1. The molecule has 1 heterocycles. The van der Waals surface area contributed by atoms with Crippen LogP contribution >= 0.6 is 11.6 Å². The summed E-state index contributed by atoms with van der Waals surface area (Å²) in [5, 5.41) is 4.92. The van der Waals surface area contributed by atoms with Gasteiger partial charge >= 0.3 is 0 Å². The number of halogens is 1. The maximum atomic E-state index is 6.04. The minimum atomic E-state index is -0.00883. The third-order valence-electron chi connectivity index (χ3n) is 3.17. The number of benzene rings is 1. The van der Waals surface area contributed by atoms with Crippen molar-refractivity contribution in [1.82, 2.24) is 20.2 Å². The molecule has 0 aliphatic carbocycles. The predicted octanol–water partition coefficient (Wildman–Crippen LogP) is 2.01. The van der Waals surface area contributed by atoms with Gasteiger partial charge in [-0.1, -0.05) is 23.7 Å². The summed E-state index contributed by atoms with van der Waals surface area (Å²) in [4.78, 5) is 4.27. The van der Waals surface area contributed by atoms with E-state index in [4.69, 9.17) is 17.4 Å². The van der Waals surface area contributed by atoms with Gasteiger partial charge in [0.05, 0.1) is 6.04 Å². The Bertz CT molecular complexity index is 552. The zero-order valence-electron chi connectivity index (χ0n) is 11.1. The van der Waals surface area contributed by atoms with E-state index in [2.05, 4.69) is 15.5 Å². The lowest BCUT2D eigenvalue weighted by Crippen LogP contribution is -2.30. The fraction of sp³-hybridized carbons (Fsp3) is 0.385. The van der Waals surface area contributed by atoms with E-state index in [1.54, 1.807) is 6.33 Å². The average molecular weight is 280 g/mol. The van der Waals surface area contributed by atoms with E-state index >= 15 is 0 Å². The smallest absolute Gasteiger partial charge is 0.138 e. The molecule has 19 heavy (non-hydrogen) atoms.